The van der Waals surface area contributed by atoms with Gasteiger partial charge in [0.2, 0.25) is 0 Å². The van der Waals surface area contributed by atoms with Gasteiger partial charge in [-0.15, -0.1) is 0 Å². The van der Waals surface area contributed by atoms with Crippen LogP contribution in [0.5, 0.6) is 0 Å². The Kier molecular flexibility index (Phi) is 11.0. The van der Waals surface area contributed by atoms with E-state index in [-0.39, 0.29) is 18.7 Å². The molecule has 2 heterocycles. The van der Waals surface area contributed by atoms with Gasteiger partial charge in [0, 0.05) is 45.6 Å². The summed E-state index contributed by atoms with van der Waals surface area (Å²) in [6, 6.07) is 0. The van der Waals surface area contributed by atoms with Crippen molar-refractivity contribution in [3.63, 3.8) is 0 Å². The fourth-order valence-corrected chi connectivity index (χ4v) is 3.07. The van der Waals surface area contributed by atoms with Gasteiger partial charge in [-0.1, -0.05) is 0 Å². The quantitative estimate of drug-likeness (QED) is 0.223. The first kappa shape index (κ1) is 24.5. The Morgan fingerprint density at radius 1 is 1.17 bits per heavy atom. The van der Waals surface area contributed by atoms with E-state index >= 15 is 0 Å². The summed E-state index contributed by atoms with van der Waals surface area (Å²) in [7, 11) is 0. The smallest absolute Gasteiger partial charge is 0.330 e. The summed E-state index contributed by atoms with van der Waals surface area (Å²) in [5.74, 6) is 0. The van der Waals surface area contributed by atoms with Crippen molar-refractivity contribution in [2.24, 2.45) is 5.73 Å². The monoisotopic (exact) mass is 430 g/mol. The average Bonchev–Trinajstić information content (AvgIpc) is 3.10. The largest absolute Gasteiger partial charge is 0.394 e. The first-order chi connectivity index (χ1) is 14.6. The third-order valence-corrected chi connectivity index (χ3v) is 4.76. The summed E-state index contributed by atoms with van der Waals surface area (Å²) in [5.41, 5.74) is 4.47. The van der Waals surface area contributed by atoms with Crippen molar-refractivity contribution in [3.05, 3.63) is 27.0 Å². The Morgan fingerprint density at radius 2 is 1.83 bits per heavy atom. The van der Waals surface area contributed by atoms with Gasteiger partial charge in [-0.2, -0.15) is 0 Å². The molecule has 6 N–H and O–H groups in total. The fourth-order valence-electron chi connectivity index (χ4n) is 3.07. The van der Waals surface area contributed by atoms with E-state index in [9.17, 15) is 19.8 Å². The maximum Gasteiger partial charge on any atom is 0.330 e. The van der Waals surface area contributed by atoms with Crippen LogP contribution in [-0.4, -0.2) is 78.1 Å². The number of rotatable bonds is 15. The molecule has 2 rings (SSSR count). The van der Waals surface area contributed by atoms with E-state index in [0.717, 1.165) is 19.3 Å². The minimum Gasteiger partial charge on any atom is -0.394 e. The van der Waals surface area contributed by atoms with Gasteiger partial charge in [-0.25, -0.2) is 4.79 Å². The van der Waals surface area contributed by atoms with Gasteiger partial charge < -0.3 is 35.5 Å². The van der Waals surface area contributed by atoms with Crippen LogP contribution in [0.2, 0.25) is 0 Å². The Labute approximate surface area is 175 Å². The third-order valence-electron chi connectivity index (χ3n) is 4.76. The number of ether oxygens (including phenoxy) is 3. The minimum atomic E-state index is -0.870. The SMILES string of the molecule is NCCCOCCCCOCCCNc1cn([C@@H]2CC(O)[C@H](CO)O2)c(=O)[nH]c1=O. The molecule has 0 aliphatic carbocycles. The van der Waals surface area contributed by atoms with Crippen LogP contribution in [0.3, 0.4) is 0 Å². The standard InChI is InChI=1S/C19H34N4O7/c20-5-3-9-28-7-1-2-8-29-10-4-6-21-14-12-23(19(27)22-18(14)26)17-11-15(25)16(13-24)30-17/h12,15-17,21,24-25H,1-11,13,20H2,(H,22,26,27)/t15?,16-,17-/m0/s1. The lowest BCUT2D eigenvalue weighted by Gasteiger charge is -2.15. The lowest BCUT2D eigenvalue weighted by molar-refractivity contribution is -0.0458. The zero-order valence-corrected chi connectivity index (χ0v) is 17.3. The number of H-pyrrole nitrogens is 1. The van der Waals surface area contributed by atoms with Gasteiger partial charge in [0.05, 0.1) is 12.7 Å². The summed E-state index contributed by atoms with van der Waals surface area (Å²) < 4.78 is 17.7. The number of anilines is 1. The molecule has 0 saturated carbocycles. The number of hydrogen-bond acceptors (Lipinski definition) is 9. The lowest BCUT2D eigenvalue weighted by Crippen LogP contribution is -2.34. The van der Waals surface area contributed by atoms with Gasteiger partial charge >= 0.3 is 5.69 Å². The molecule has 0 spiro atoms. The highest BCUT2D eigenvalue weighted by Crippen LogP contribution is 2.27. The van der Waals surface area contributed by atoms with Crippen LogP contribution >= 0.6 is 0 Å². The lowest BCUT2D eigenvalue weighted by atomic mass is 10.2. The number of nitrogens with zero attached hydrogens (tertiary/aromatic N) is 1. The van der Waals surface area contributed by atoms with Crippen molar-refractivity contribution in [1.82, 2.24) is 9.55 Å². The van der Waals surface area contributed by atoms with E-state index < -0.39 is 29.7 Å². The van der Waals surface area contributed by atoms with Crippen LogP contribution in [0.1, 0.15) is 38.3 Å². The Bertz CT molecular complexity index is 724. The minimum absolute atomic E-state index is 0.155. The molecule has 3 atom stereocenters. The molecule has 1 aromatic heterocycles. The van der Waals surface area contributed by atoms with Crippen molar-refractivity contribution in [3.8, 4) is 0 Å². The second kappa shape index (κ2) is 13.5. The maximum atomic E-state index is 12.1. The first-order valence-electron chi connectivity index (χ1n) is 10.5. The van der Waals surface area contributed by atoms with E-state index in [2.05, 4.69) is 10.3 Å². The van der Waals surface area contributed by atoms with E-state index in [0.29, 0.717) is 45.9 Å². The molecule has 1 saturated heterocycles. The maximum absolute atomic E-state index is 12.1. The summed E-state index contributed by atoms with van der Waals surface area (Å²) in [6.07, 6.45) is 2.60. The van der Waals surface area contributed by atoms with Crippen molar-refractivity contribution >= 4 is 5.69 Å². The number of hydrogen-bond donors (Lipinski definition) is 5. The average molecular weight is 431 g/mol. The first-order valence-corrected chi connectivity index (χ1v) is 10.5. The van der Waals surface area contributed by atoms with Crippen molar-refractivity contribution in [1.29, 1.82) is 0 Å². The number of unbranched alkanes of at least 4 members (excludes halogenated alkanes) is 1. The molecule has 0 radical (unpaired) electrons. The van der Waals surface area contributed by atoms with Crippen LogP contribution < -0.4 is 22.3 Å². The number of aliphatic hydroxyl groups is 2. The number of aliphatic hydroxyl groups excluding tert-OH is 2. The highest BCUT2D eigenvalue weighted by atomic mass is 16.5. The normalized spacial score (nSPS) is 21.2. The van der Waals surface area contributed by atoms with Crippen LogP contribution in [0, 0.1) is 0 Å². The highest BCUT2D eigenvalue weighted by Gasteiger charge is 2.35. The van der Waals surface area contributed by atoms with Crippen LogP contribution in [-0.2, 0) is 14.2 Å². The molecule has 0 bridgehead atoms. The molecule has 1 aliphatic rings. The molecule has 1 aliphatic heterocycles. The van der Waals surface area contributed by atoms with Gasteiger partial charge in [0.15, 0.2) is 0 Å². The Morgan fingerprint density at radius 3 is 2.47 bits per heavy atom. The predicted octanol–water partition coefficient (Wildman–Crippen LogP) is -0.858. The molecule has 11 nitrogen and oxygen atoms in total. The zero-order chi connectivity index (χ0) is 21.8. The number of nitrogens with two attached hydrogens (primary N) is 1. The van der Waals surface area contributed by atoms with Gasteiger partial charge in [-0.3, -0.25) is 14.3 Å². The van der Waals surface area contributed by atoms with Gasteiger partial charge in [0.25, 0.3) is 5.56 Å². The molecule has 1 unspecified atom stereocenters. The molecule has 0 amide bonds. The molecule has 1 fully saturated rings. The van der Waals surface area contributed by atoms with E-state index in [1.54, 1.807) is 0 Å². The summed E-state index contributed by atoms with van der Waals surface area (Å²) in [4.78, 5) is 26.3. The summed E-state index contributed by atoms with van der Waals surface area (Å²) in [6.45, 7) is 3.41. The van der Waals surface area contributed by atoms with Crippen molar-refractivity contribution < 1.29 is 24.4 Å². The van der Waals surface area contributed by atoms with Crippen LogP contribution in [0.15, 0.2) is 15.8 Å². The van der Waals surface area contributed by atoms with Gasteiger partial charge in [-0.05, 0) is 32.2 Å². The molecule has 30 heavy (non-hydrogen) atoms. The fraction of sp³-hybridized carbons (Fsp3) is 0.789. The zero-order valence-electron chi connectivity index (χ0n) is 17.3. The molecule has 172 valence electrons. The number of aromatic amines is 1. The molecule has 11 heteroatoms. The van der Waals surface area contributed by atoms with E-state index in [4.69, 9.17) is 19.9 Å². The Balaban J connectivity index is 1.67. The second-order valence-corrected chi connectivity index (χ2v) is 7.18. The number of aromatic nitrogens is 2. The van der Waals surface area contributed by atoms with E-state index in [1.165, 1.54) is 10.8 Å². The third kappa shape index (κ3) is 7.82. The number of nitrogens with one attached hydrogen (secondary N) is 2. The molecule has 0 aromatic carbocycles. The molecular formula is C19H34N4O7. The van der Waals surface area contributed by atoms with Gasteiger partial charge in [0.1, 0.15) is 18.0 Å². The second-order valence-electron chi connectivity index (χ2n) is 7.18. The summed E-state index contributed by atoms with van der Waals surface area (Å²) in [5, 5.41) is 22.0. The highest BCUT2D eigenvalue weighted by molar-refractivity contribution is 5.37. The van der Waals surface area contributed by atoms with Crippen LogP contribution in [0.25, 0.3) is 0 Å². The predicted molar refractivity (Wildman–Crippen MR) is 111 cm³/mol. The van der Waals surface area contributed by atoms with Crippen molar-refractivity contribution in [2.75, 3.05) is 51.4 Å². The topological polar surface area (TPSA) is 161 Å². The van der Waals surface area contributed by atoms with E-state index in [1.807, 2.05) is 0 Å². The molecular weight excluding hydrogens is 396 g/mol. The van der Waals surface area contributed by atoms with Crippen LogP contribution in [0.4, 0.5) is 5.69 Å². The summed E-state index contributed by atoms with van der Waals surface area (Å²) >= 11 is 0. The van der Waals surface area contributed by atoms with Crippen molar-refractivity contribution in [2.45, 2.75) is 50.5 Å². The molecule has 1 aromatic rings. The Hall–Kier alpha value is -1.76.